The SMILES string of the molecule is CCC(C)C(O)CNC(=O)c1cn(Cc2cccs2)nn1. The molecule has 0 aliphatic rings. The summed E-state index contributed by atoms with van der Waals surface area (Å²) in [7, 11) is 0. The van der Waals surface area contributed by atoms with Gasteiger partial charge in [-0.05, 0) is 17.4 Å². The highest BCUT2D eigenvalue weighted by Gasteiger charge is 2.16. The van der Waals surface area contributed by atoms with E-state index in [-0.39, 0.29) is 24.1 Å². The summed E-state index contributed by atoms with van der Waals surface area (Å²) in [6, 6.07) is 3.98. The van der Waals surface area contributed by atoms with Crippen molar-refractivity contribution in [3.8, 4) is 0 Å². The van der Waals surface area contributed by atoms with Gasteiger partial charge in [0.05, 0.1) is 18.8 Å². The Bertz CT molecular complexity index is 567. The molecule has 1 amide bonds. The number of aromatic nitrogens is 3. The lowest BCUT2D eigenvalue weighted by Crippen LogP contribution is -2.35. The fourth-order valence-corrected chi connectivity index (χ4v) is 2.50. The van der Waals surface area contributed by atoms with Gasteiger partial charge in [0.2, 0.25) is 0 Å². The van der Waals surface area contributed by atoms with E-state index >= 15 is 0 Å². The van der Waals surface area contributed by atoms with E-state index in [1.165, 1.54) is 0 Å². The maximum Gasteiger partial charge on any atom is 0.273 e. The Morgan fingerprint density at radius 3 is 3.05 bits per heavy atom. The quantitative estimate of drug-likeness (QED) is 0.813. The van der Waals surface area contributed by atoms with Crippen LogP contribution in [0.2, 0.25) is 0 Å². The number of aliphatic hydroxyl groups excluding tert-OH is 1. The number of rotatable bonds is 7. The Morgan fingerprint density at radius 1 is 1.57 bits per heavy atom. The smallest absolute Gasteiger partial charge is 0.273 e. The largest absolute Gasteiger partial charge is 0.391 e. The van der Waals surface area contributed by atoms with E-state index in [9.17, 15) is 9.90 Å². The lowest BCUT2D eigenvalue weighted by Gasteiger charge is -2.16. The first kappa shape index (κ1) is 15.7. The van der Waals surface area contributed by atoms with Gasteiger partial charge < -0.3 is 10.4 Å². The maximum atomic E-state index is 11.9. The first-order chi connectivity index (χ1) is 10.1. The number of carbonyl (C=O) groups excluding carboxylic acids is 1. The van der Waals surface area contributed by atoms with E-state index in [1.54, 1.807) is 22.2 Å². The monoisotopic (exact) mass is 308 g/mol. The third kappa shape index (κ3) is 4.37. The van der Waals surface area contributed by atoms with Gasteiger partial charge in [0.25, 0.3) is 5.91 Å². The van der Waals surface area contributed by atoms with Gasteiger partial charge in [0.1, 0.15) is 0 Å². The van der Waals surface area contributed by atoms with E-state index in [1.807, 2.05) is 31.4 Å². The van der Waals surface area contributed by atoms with Gasteiger partial charge in [-0.15, -0.1) is 16.4 Å². The van der Waals surface area contributed by atoms with Gasteiger partial charge in [-0.1, -0.05) is 31.5 Å². The molecule has 2 aromatic rings. The predicted octanol–water partition coefficient (Wildman–Crippen LogP) is 1.52. The van der Waals surface area contributed by atoms with Crippen molar-refractivity contribution in [2.24, 2.45) is 5.92 Å². The molecular weight excluding hydrogens is 288 g/mol. The number of amides is 1. The van der Waals surface area contributed by atoms with Crippen LogP contribution in [0.1, 0.15) is 35.6 Å². The van der Waals surface area contributed by atoms with Crippen molar-refractivity contribution in [2.75, 3.05) is 6.54 Å². The molecule has 0 aromatic carbocycles. The Balaban J connectivity index is 1.87. The molecule has 0 saturated heterocycles. The number of aliphatic hydroxyl groups is 1. The lowest BCUT2D eigenvalue weighted by atomic mass is 10.0. The van der Waals surface area contributed by atoms with Crippen LogP contribution in [0.25, 0.3) is 0 Å². The standard InChI is InChI=1S/C14H20N4O2S/c1-3-10(2)13(19)7-15-14(20)12-9-18(17-16-12)8-11-5-4-6-21-11/h4-6,9-10,13,19H,3,7-8H2,1-2H3,(H,15,20). The zero-order valence-corrected chi connectivity index (χ0v) is 13.0. The second-order valence-electron chi connectivity index (χ2n) is 5.04. The molecule has 0 aliphatic carbocycles. The molecule has 0 fully saturated rings. The van der Waals surface area contributed by atoms with Crippen LogP contribution in [-0.2, 0) is 6.54 Å². The van der Waals surface area contributed by atoms with Gasteiger partial charge in [-0.25, -0.2) is 4.68 Å². The summed E-state index contributed by atoms with van der Waals surface area (Å²) in [5.41, 5.74) is 0.267. The van der Waals surface area contributed by atoms with Crippen LogP contribution >= 0.6 is 11.3 Å². The van der Waals surface area contributed by atoms with Crippen molar-refractivity contribution in [1.82, 2.24) is 20.3 Å². The van der Waals surface area contributed by atoms with Crippen LogP contribution in [0.5, 0.6) is 0 Å². The Hall–Kier alpha value is -1.73. The highest BCUT2D eigenvalue weighted by Crippen LogP contribution is 2.10. The molecule has 21 heavy (non-hydrogen) atoms. The van der Waals surface area contributed by atoms with Crippen molar-refractivity contribution in [1.29, 1.82) is 0 Å². The zero-order valence-electron chi connectivity index (χ0n) is 12.2. The lowest BCUT2D eigenvalue weighted by molar-refractivity contribution is 0.0846. The molecule has 0 spiro atoms. The van der Waals surface area contributed by atoms with Crippen LogP contribution in [-0.4, -0.2) is 38.7 Å². The molecule has 2 aromatic heterocycles. The second kappa shape index (κ2) is 7.33. The van der Waals surface area contributed by atoms with Crippen LogP contribution in [0.15, 0.2) is 23.7 Å². The minimum Gasteiger partial charge on any atom is -0.391 e. The summed E-state index contributed by atoms with van der Waals surface area (Å²) in [6.07, 6.45) is 1.94. The van der Waals surface area contributed by atoms with Gasteiger partial charge in [-0.3, -0.25) is 4.79 Å². The molecule has 114 valence electrons. The van der Waals surface area contributed by atoms with E-state index in [4.69, 9.17) is 0 Å². The van der Waals surface area contributed by atoms with Crippen molar-refractivity contribution in [2.45, 2.75) is 32.9 Å². The van der Waals surface area contributed by atoms with E-state index in [2.05, 4.69) is 15.6 Å². The Kier molecular flexibility index (Phi) is 5.46. The Morgan fingerprint density at radius 2 is 2.38 bits per heavy atom. The fraction of sp³-hybridized carbons (Fsp3) is 0.500. The molecule has 0 saturated carbocycles. The van der Waals surface area contributed by atoms with E-state index < -0.39 is 6.10 Å². The van der Waals surface area contributed by atoms with E-state index in [0.717, 1.165) is 11.3 Å². The zero-order chi connectivity index (χ0) is 15.2. The Labute approximate surface area is 127 Å². The van der Waals surface area contributed by atoms with Crippen molar-refractivity contribution in [3.63, 3.8) is 0 Å². The molecule has 2 heterocycles. The average Bonchev–Trinajstić information content (AvgIpc) is 3.15. The second-order valence-corrected chi connectivity index (χ2v) is 6.08. The molecule has 0 aliphatic heterocycles. The summed E-state index contributed by atoms with van der Waals surface area (Å²) in [6.45, 7) is 4.79. The summed E-state index contributed by atoms with van der Waals surface area (Å²) in [5.74, 6) is -0.158. The van der Waals surface area contributed by atoms with Crippen molar-refractivity contribution < 1.29 is 9.90 Å². The summed E-state index contributed by atoms with van der Waals surface area (Å²) >= 11 is 1.63. The molecule has 6 nitrogen and oxygen atoms in total. The number of hydrogen-bond acceptors (Lipinski definition) is 5. The summed E-state index contributed by atoms with van der Waals surface area (Å²) in [4.78, 5) is 13.1. The minimum absolute atomic E-state index is 0.153. The molecule has 0 radical (unpaired) electrons. The van der Waals surface area contributed by atoms with Gasteiger partial charge in [0.15, 0.2) is 5.69 Å². The molecule has 2 atom stereocenters. The van der Waals surface area contributed by atoms with Crippen molar-refractivity contribution >= 4 is 17.2 Å². The van der Waals surface area contributed by atoms with Crippen molar-refractivity contribution in [3.05, 3.63) is 34.3 Å². The highest BCUT2D eigenvalue weighted by molar-refractivity contribution is 7.09. The topological polar surface area (TPSA) is 80.0 Å². The molecule has 0 bridgehead atoms. The molecule has 2 unspecified atom stereocenters. The third-order valence-electron chi connectivity index (χ3n) is 3.44. The number of carbonyl (C=O) groups is 1. The van der Waals surface area contributed by atoms with Crippen LogP contribution in [0, 0.1) is 5.92 Å². The third-order valence-corrected chi connectivity index (χ3v) is 4.30. The normalized spacial score (nSPS) is 13.9. The van der Waals surface area contributed by atoms with Crippen LogP contribution in [0.3, 0.4) is 0 Å². The first-order valence-electron chi connectivity index (χ1n) is 6.99. The van der Waals surface area contributed by atoms with Gasteiger partial charge in [-0.2, -0.15) is 0 Å². The summed E-state index contributed by atoms with van der Waals surface area (Å²) in [5, 5.41) is 22.3. The van der Waals surface area contributed by atoms with E-state index in [0.29, 0.717) is 6.54 Å². The minimum atomic E-state index is -0.542. The molecular formula is C14H20N4O2S. The molecule has 2 N–H and O–H groups in total. The highest BCUT2D eigenvalue weighted by atomic mass is 32.1. The van der Waals surface area contributed by atoms with Crippen LogP contribution < -0.4 is 5.32 Å². The maximum absolute atomic E-state index is 11.9. The average molecular weight is 308 g/mol. The number of hydrogen-bond donors (Lipinski definition) is 2. The first-order valence-corrected chi connectivity index (χ1v) is 7.87. The van der Waals surface area contributed by atoms with Gasteiger partial charge >= 0.3 is 0 Å². The van der Waals surface area contributed by atoms with Gasteiger partial charge in [0, 0.05) is 11.4 Å². The summed E-state index contributed by atoms with van der Waals surface area (Å²) < 4.78 is 1.63. The number of thiophene rings is 1. The predicted molar refractivity (Wildman–Crippen MR) is 81.2 cm³/mol. The molecule has 7 heteroatoms. The van der Waals surface area contributed by atoms with Crippen LogP contribution in [0.4, 0.5) is 0 Å². The fourth-order valence-electron chi connectivity index (χ4n) is 1.80. The number of nitrogens with one attached hydrogen (secondary N) is 1. The number of nitrogens with zero attached hydrogens (tertiary/aromatic N) is 3. The molecule has 2 rings (SSSR count).